The summed E-state index contributed by atoms with van der Waals surface area (Å²) in [7, 11) is 0. The molecule has 0 radical (unpaired) electrons. The lowest BCUT2D eigenvalue weighted by molar-refractivity contribution is 0.0524. The van der Waals surface area contributed by atoms with E-state index in [0.717, 1.165) is 16.8 Å². The highest BCUT2D eigenvalue weighted by Gasteiger charge is 2.35. The van der Waals surface area contributed by atoms with E-state index < -0.39 is 9.96 Å². The molecule has 1 saturated heterocycles. The number of benzene rings is 1. The number of aryl methyl sites for hydroxylation is 2. The molecule has 3 N–H and O–H groups in total. The van der Waals surface area contributed by atoms with E-state index in [1.165, 1.54) is 0 Å². The number of morpholine rings is 1. The summed E-state index contributed by atoms with van der Waals surface area (Å²) in [5.74, 6) is 0. The van der Waals surface area contributed by atoms with Gasteiger partial charge in [0.1, 0.15) is 0 Å². The number of ether oxygens (including phenoxy) is 1. The lowest BCUT2D eigenvalue weighted by Crippen LogP contribution is -2.59. The number of thiocarbonyl (C=S) groups is 1. The molecular weight excluding hydrogens is 419 g/mol. The molecule has 0 unspecified atom stereocenters. The standard InChI is InChI=1S/C16H21Cl3N4O2S/c1-10-3-4-12(11(2)9-10)20-14(26)21-13(16(17,18)19)22-15(24)23-5-7-25-8-6-23/h3-4,9,13H,5-8H2,1-2H3,(H,22,24)(H2,20,21,26)/t13-/m1/s1. The number of urea groups is 1. The van der Waals surface area contributed by atoms with Crippen LogP contribution in [0.5, 0.6) is 0 Å². The van der Waals surface area contributed by atoms with Crippen molar-refractivity contribution in [2.24, 2.45) is 0 Å². The molecule has 6 nitrogen and oxygen atoms in total. The molecule has 1 aliphatic heterocycles. The number of hydrogen-bond acceptors (Lipinski definition) is 3. The number of carbonyl (C=O) groups excluding carboxylic acids is 1. The molecule has 2 rings (SSSR count). The van der Waals surface area contributed by atoms with Gasteiger partial charge in [-0.05, 0) is 37.7 Å². The minimum Gasteiger partial charge on any atom is -0.378 e. The largest absolute Gasteiger partial charge is 0.378 e. The highest BCUT2D eigenvalue weighted by Crippen LogP contribution is 2.29. The van der Waals surface area contributed by atoms with E-state index in [2.05, 4.69) is 16.0 Å². The summed E-state index contributed by atoms with van der Waals surface area (Å²) in [5.41, 5.74) is 3.00. The van der Waals surface area contributed by atoms with Gasteiger partial charge in [0.05, 0.1) is 13.2 Å². The summed E-state index contributed by atoms with van der Waals surface area (Å²) in [6, 6.07) is 5.55. The molecule has 1 fully saturated rings. The molecular formula is C16H21Cl3N4O2S. The van der Waals surface area contributed by atoms with E-state index in [-0.39, 0.29) is 11.1 Å². The summed E-state index contributed by atoms with van der Waals surface area (Å²) in [6.45, 7) is 5.88. The lowest BCUT2D eigenvalue weighted by atomic mass is 10.1. The van der Waals surface area contributed by atoms with E-state index in [1.807, 2.05) is 32.0 Å². The zero-order valence-corrected chi connectivity index (χ0v) is 17.5. The number of rotatable bonds is 3. The van der Waals surface area contributed by atoms with Crippen molar-refractivity contribution in [3.63, 3.8) is 0 Å². The van der Waals surface area contributed by atoms with Crippen LogP contribution >= 0.6 is 47.0 Å². The first-order valence-corrected chi connectivity index (χ1v) is 9.55. The third-order valence-corrected chi connectivity index (χ3v) is 4.67. The molecule has 144 valence electrons. The first kappa shape index (κ1) is 21.3. The Morgan fingerprint density at radius 2 is 1.88 bits per heavy atom. The van der Waals surface area contributed by atoms with Crippen LogP contribution in [0.1, 0.15) is 11.1 Å². The van der Waals surface area contributed by atoms with Gasteiger partial charge in [0.25, 0.3) is 0 Å². The number of anilines is 1. The quantitative estimate of drug-likeness (QED) is 0.383. The van der Waals surface area contributed by atoms with Crippen molar-refractivity contribution in [3.05, 3.63) is 29.3 Å². The van der Waals surface area contributed by atoms with Crippen LogP contribution in [0.3, 0.4) is 0 Å². The van der Waals surface area contributed by atoms with Crippen molar-refractivity contribution in [2.45, 2.75) is 23.8 Å². The first-order chi connectivity index (χ1) is 12.2. The Morgan fingerprint density at radius 3 is 2.46 bits per heavy atom. The number of halogens is 3. The van der Waals surface area contributed by atoms with Gasteiger partial charge in [0, 0.05) is 18.8 Å². The van der Waals surface area contributed by atoms with Crippen molar-refractivity contribution in [1.82, 2.24) is 15.5 Å². The van der Waals surface area contributed by atoms with Crippen LogP contribution in [-0.2, 0) is 4.74 Å². The molecule has 1 atom stereocenters. The summed E-state index contributed by atoms with van der Waals surface area (Å²) < 4.78 is 3.43. The van der Waals surface area contributed by atoms with Crippen LogP contribution in [0.4, 0.5) is 10.5 Å². The number of nitrogens with zero attached hydrogens (tertiary/aromatic N) is 1. The number of nitrogens with one attached hydrogen (secondary N) is 3. The van der Waals surface area contributed by atoms with E-state index >= 15 is 0 Å². The Labute approximate surface area is 173 Å². The van der Waals surface area contributed by atoms with Crippen molar-refractivity contribution < 1.29 is 9.53 Å². The predicted octanol–water partition coefficient (Wildman–Crippen LogP) is 3.33. The molecule has 1 aromatic carbocycles. The first-order valence-electron chi connectivity index (χ1n) is 8.01. The van der Waals surface area contributed by atoms with Gasteiger partial charge in [0.2, 0.25) is 3.79 Å². The number of alkyl halides is 3. The lowest BCUT2D eigenvalue weighted by Gasteiger charge is -2.32. The van der Waals surface area contributed by atoms with Gasteiger partial charge in [-0.2, -0.15) is 0 Å². The van der Waals surface area contributed by atoms with Crippen LogP contribution in [0.25, 0.3) is 0 Å². The van der Waals surface area contributed by atoms with Gasteiger partial charge in [-0.3, -0.25) is 0 Å². The number of amides is 2. The van der Waals surface area contributed by atoms with E-state index in [9.17, 15) is 4.79 Å². The normalized spacial score (nSPS) is 16.0. The highest BCUT2D eigenvalue weighted by atomic mass is 35.6. The van der Waals surface area contributed by atoms with Crippen LogP contribution in [0.2, 0.25) is 0 Å². The third kappa shape index (κ3) is 6.32. The third-order valence-electron chi connectivity index (χ3n) is 3.80. The van der Waals surface area contributed by atoms with Crippen LogP contribution in [-0.4, -0.2) is 52.3 Å². The zero-order chi connectivity index (χ0) is 19.3. The molecule has 10 heteroatoms. The van der Waals surface area contributed by atoms with Gasteiger partial charge < -0.3 is 25.6 Å². The second-order valence-electron chi connectivity index (χ2n) is 5.94. The Bertz CT molecular complexity index is 663. The SMILES string of the molecule is Cc1ccc(NC(=S)N[C@H](NC(=O)N2CCOCC2)C(Cl)(Cl)Cl)c(C)c1. The average molecular weight is 440 g/mol. The van der Waals surface area contributed by atoms with Crippen molar-refractivity contribution in [2.75, 3.05) is 31.6 Å². The second kappa shape index (κ2) is 9.28. The fourth-order valence-electron chi connectivity index (χ4n) is 2.42. The minimum atomic E-state index is -1.80. The molecule has 1 aromatic rings. The fraction of sp³-hybridized carbons (Fsp3) is 0.500. The zero-order valence-electron chi connectivity index (χ0n) is 14.4. The monoisotopic (exact) mass is 438 g/mol. The fourth-order valence-corrected chi connectivity index (χ4v) is 2.98. The van der Waals surface area contributed by atoms with Crippen molar-refractivity contribution >= 4 is 63.9 Å². The molecule has 0 aromatic heterocycles. The Hall–Kier alpha value is -0.990. The van der Waals surface area contributed by atoms with E-state index in [1.54, 1.807) is 4.90 Å². The molecule has 0 aliphatic carbocycles. The molecule has 0 spiro atoms. The minimum absolute atomic E-state index is 0.232. The maximum absolute atomic E-state index is 12.4. The molecule has 1 heterocycles. The highest BCUT2D eigenvalue weighted by molar-refractivity contribution is 7.80. The van der Waals surface area contributed by atoms with Gasteiger partial charge >= 0.3 is 6.03 Å². The summed E-state index contributed by atoms with van der Waals surface area (Å²) >= 11 is 23.3. The second-order valence-corrected chi connectivity index (χ2v) is 8.72. The van der Waals surface area contributed by atoms with Gasteiger partial charge in [-0.25, -0.2) is 4.79 Å². The van der Waals surface area contributed by atoms with Gasteiger partial charge in [-0.15, -0.1) is 0 Å². The molecule has 26 heavy (non-hydrogen) atoms. The van der Waals surface area contributed by atoms with Crippen LogP contribution < -0.4 is 16.0 Å². The summed E-state index contributed by atoms with van der Waals surface area (Å²) in [6.07, 6.45) is -1.01. The number of carbonyl (C=O) groups is 1. The van der Waals surface area contributed by atoms with Crippen LogP contribution in [0, 0.1) is 13.8 Å². The number of hydrogen-bond donors (Lipinski definition) is 3. The predicted molar refractivity (Wildman–Crippen MR) is 110 cm³/mol. The van der Waals surface area contributed by atoms with Gasteiger partial charge in [-0.1, -0.05) is 52.5 Å². The maximum atomic E-state index is 12.4. The van der Waals surface area contributed by atoms with E-state index in [4.69, 9.17) is 51.8 Å². The van der Waals surface area contributed by atoms with Gasteiger partial charge in [0.15, 0.2) is 11.3 Å². The van der Waals surface area contributed by atoms with Crippen molar-refractivity contribution in [3.8, 4) is 0 Å². The topological polar surface area (TPSA) is 65.6 Å². The van der Waals surface area contributed by atoms with E-state index in [0.29, 0.717) is 26.3 Å². The maximum Gasteiger partial charge on any atom is 0.319 e. The Kier molecular flexibility index (Phi) is 7.61. The molecule has 1 aliphatic rings. The summed E-state index contributed by atoms with van der Waals surface area (Å²) in [4.78, 5) is 14.0. The Morgan fingerprint density at radius 1 is 1.23 bits per heavy atom. The van der Waals surface area contributed by atoms with Crippen LogP contribution in [0.15, 0.2) is 18.2 Å². The van der Waals surface area contributed by atoms with Crippen molar-refractivity contribution in [1.29, 1.82) is 0 Å². The molecule has 2 amide bonds. The Balaban J connectivity index is 2.00. The summed E-state index contributed by atoms with van der Waals surface area (Å²) in [5, 5.41) is 8.80. The smallest absolute Gasteiger partial charge is 0.319 e. The average Bonchev–Trinajstić information content (AvgIpc) is 2.56. The molecule has 0 saturated carbocycles. The molecule has 0 bridgehead atoms.